The van der Waals surface area contributed by atoms with Gasteiger partial charge >= 0.3 is 0 Å². The van der Waals surface area contributed by atoms with Crippen molar-refractivity contribution in [2.24, 2.45) is 0 Å². The van der Waals surface area contributed by atoms with Gasteiger partial charge in [-0.3, -0.25) is 0 Å². The molecule has 18 heavy (non-hydrogen) atoms. The van der Waals surface area contributed by atoms with Crippen molar-refractivity contribution in [3.8, 4) is 0 Å². The molecule has 0 unspecified atom stereocenters. The number of anilines is 1. The molecular formula is C17H17N. The number of aryl methyl sites for hydroxylation is 1. The lowest BCUT2D eigenvalue weighted by molar-refractivity contribution is 1.09. The lowest BCUT2D eigenvalue weighted by Gasteiger charge is -2.11. The molecule has 1 N–H and O–H groups in total. The third-order valence-electron chi connectivity index (χ3n) is 3.46. The molecule has 0 aromatic heterocycles. The smallest absolute Gasteiger partial charge is 0.0403 e. The Morgan fingerprint density at radius 1 is 1.06 bits per heavy atom. The summed E-state index contributed by atoms with van der Waals surface area (Å²) in [6.45, 7) is 3.01. The molecule has 1 heteroatoms. The van der Waals surface area contributed by atoms with E-state index in [-0.39, 0.29) is 0 Å². The number of fused-ring (bicyclic) bond motifs is 1. The summed E-state index contributed by atoms with van der Waals surface area (Å²) in [6.07, 6.45) is 5.52. The fraction of sp³-hybridized carbons (Fsp3) is 0.176. The maximum Gasteiger partial charge on any atom is 0.0403 e. The Balaban J connectivity index is 1.74. The van der Waals surface area contributed by atoms with Gasteiger partial charge in [0.15, 0.2) is 0 Å². The van der Waals surface area contributed by atoms with Crippen LogP contribution in [0.1, 0.15) is 22.3 Å². The van der Waals surface area contributed by atoms with Crippen molar-refractivity contribution in [1.29, 1.82) is 0 Å². The number of allylic oxidation sites excluding steroid dienone is 1. The summed E-state index contributed by atoms with van der Waals surface area (Å²) in [4.78, 5) is 0. The van der Waals surface area contributed by atoms with Crippen molar-refractivity contribution in [2.75, 3.05) is 5.32 Å². The predicted molar refractivity (Wildman–Crippen MR) is 77.7 cm³/mol. The van der Waals surface area contributed by atoms with Gasteiger partial charge in [-0.25, -0.2) is 0 Å². The van der Waals surface area contributed by atoms with Crippen LogP contribution in [-0.4, -0.2) is 0 Å². The molecule has 0 saturated carbocycles. The standard InChI is InChI=1S/C17H17N/c1-13-8-10-16(11-9-13)18-12-15-6-2-4-14-5-3-7-17(14)15/h2-6,8-11,18H,7,12H2,1H3. The lowest BCUT2D eigenvalue weighted by Crippen LogP contribution is -2.02. The molecule has 0 spiro atoms. The van der Waals surface area contributed by atoms with Crippen LogP contribution in [0, 0.1) is 6.92 Å². The number of hydrogen-bond acceptors (Lipinski definition) is 1. The van der Waals surface area contributed by atoms with Gasteiger partial charge in [-0.1, -0.05) is 48.0 Å². The van der Waals surface area contributed by atoms with Gasteiger partial charge in [-0.05, 0) is 42.2 Å². The van der Waals surface area contributed by atoms with Gasteiger partial charge in [0.05, 0.1) is 0 Å². The molecule has 0 bridgehead atoms. The van der Waals surface area contributed by atoms with Crippen LogP contribution < -0.4 is 5.32 Å². The molecule has 1 aliphatic rings. The maximum absolute atomic E-state index is 3.49. The summed E-state index contributed by atoms with van der Waals surface area (Å²) in [5, 5.41) is 3.49. The average Bonchev–Trinajstić information content (AvgIpc) is 2.87. The number of nitrogens with one attached hydrogen (secondary N) is 1. The first-order valence-electron chi connectivity index (χ1n) is 6.41. The average molecular weight is 235 g/mol. The quantitative estimate of drug-likeness (QED) is 0.841. The Bertz CT molecular complexity index is 579. The second kappa shape index (κ2) is 4.69. The zero-order chi connectivity index (χ0) is 12.4. The van der Waals surface area contributed by atoms with E-state index >= 15 is 0 Å². The van der Waals surface area contributed by atoms with Gasteiger partial charge < -0.3 is 5.32 Å². The van der Waals surface area contributed by atoms with Crippen molar-refractivity contribution in [3.63, 3.8) is 0 Å². The Labute approximate surface area is 108 Å². The van der Waals surface area contributed by atoms with Crippen LogP contribution in [-0.2, 0) is 13.0 Å². The molecule has 1 nitrogen and oxygen atoms in total. The van der Waals surface area contributed by atoms with Gasteiger partial charge in [0.1, 0.15) is 0 Å². The van der Waals surface area contributed by atoms with Crippen molar-refractivity contribution < 1.29 is 0 Å². The SMILES string of the molecule is Cc1ccc(NCc2cccc3c2CC=C3)cc1. The van der Waals surface area contributed by atoms with Crippen molar-refractivity contribution in [1.82, 2.24) is 0 Å². The molecule has 3 rings (SSSR count). The Morgan fingerprint density at radius 3 is 2.72 bits per heavy atom. The monoisotopic (exact) mass is 235 g/mol. The highest BCUT2D eigenvalue weighted by Gasteiger charge is 2.09. The minimum Gasteiger partial charge on any atom is -0.381 e. The van der Waals surface area contributed by atoms with Crippen LogP contribution in [0.5, 0.6) is 0 Å². The predicted octanol–water partition coefficient (Wildman–Crippen LogP) is 4.18. The van der Waals surface area contributed by atoms with E-state index in [0.717, 1.165) is 13.0 Å². The highest BCUT2D eigenvalue weighted by Crippen LogP contribution is 2.23. The van der Waals surface area contributed by atoms with Crippen LogP contribution >= 0.6 is 0 Å². The number of rotatable bonds is 3. The molecule has 2 aromatic rings. The molecule has 0 aliphatic heterocycles. The number of benzene rings is 2. The summed E-state index contributed by atoms with van der Waals surface area (Å²) >= 11 is 0. The van der Waals surface area contributed by atoms with Gasteiger partial charge in [0.2, 0.25) is 0 Å². The molecule has 1 aliphatic carbocycles. The normalized spacial score (nSPS) is 12.5. The Morgan fingerprint density at radius 2 is 1.89 bits per heavy atom. The van der Waals surface area contributed by atoms with Gasteiger partial charge in [-0.15, -0.1) is 0 Å². The second-order valence-corrected chi connectivity index (χ2v) is 4.81. The Hall–Kier alpha value is -2.02. The third-order valence-corrected chi connectivity index (χ3v) is 3.46. The van der Waals surface area contributed by atoms with E-state index in [1.807, 2.05) is 0 Å². The summed E-state index contributed by atoms with van der Waals surface area (Å²) < 4.78 is 0. The van der Waals surface area contributed by atoms with E-state index in [4.69, 9.17) is 0 Å². The van der Waals surface area contributed by atoms with Crippen LogP contribution in [0.25, 0.3) is 6.08 Å². The molecule has 0 saturated heterocycles. The van der Waals surface area contributed by atoms with Crippen molar-refractivity contribution >= 4 is 11.8 Å². The fourth-order valence-electron chi connectivity index (χ4n) is 2.40. The lowest BCUT2D eigenvalue weighted by atomic mass is 10.0. The van der Waals surface area contributed by atoms with E-state index in [2.05, 4.69) is 66.9 Å². The molecular weight excluding hydrogens is 218 g/mol. The zero-order valence-corrected chi connectivity index (χ0v) is 10.6. The van der Waals surface area contributed by atoms with E-state index in [1.54, 1.807) is 0 Å². The van der Waals surface area contributed by atoms with Gasteiger partial charge in [0.25, 0.3) is 0 Å². The molecule has 0 radical (unpaired) electrons. The second-order valence-electron chi connectivity index (χ2n) is 4.81. The van der Waals surface area contributed by atoms with Crippen molar-refractivity contribution in [3.05, 3.63) is 70.8 Å². The Kier molecular flexibility index (Phi) is 2.89. The highest BCUT2D eigenvalue weighted by molar-refractivity contribution is 5.62. The summed E-state index contributed by atoms with van der Waals surface area (Å²) in [5.41, 5.74) is 6.72. The molecule has 90 valence electrons. The van der Waals surface area contributed by atoms with Crippen LogP contribution in [0.2, 0.25) is 0 Å². The first-order chi connectivity index (χ1) is 8.83. The zero-order valence-electron chi connectivity index (χ0n) is 10.6. The van der Waals surface area contributed by atoms with Crippen molar-refractivity contribution in [2.45, 2.75) is 19.9 Å². The van der Waals surface area contributed by atoms with E-state index in [9.17, 15) is 0 Å². The van der Waals surface area contributed by atoms with Gasteiger partial charge in [0, 0.05) is 12.2 Å². The first-order valence-corrected chi connectivity index (χ1v) is 6.41. The molecule has 0 fully saturated rings. The molecule has 0 heterocycles. The highest BCUT2D eigenvalue weighted by atomic mass is 14.9. The molecule has 0 atom stereocenters. The topological polar surface area (TPSA) is 12.0 Å². The van der Waals surface area contributed by atoms with Crippen LogP contribution in [0.3, 0.4) is 0 Å². The minimum atomic E-state index is 0.897. The van der Waals surface area contributed by atoms with Crippen LogP contribution in [0.4, 0.5) is 5.69 Å². The van der Waals surface area contributed by atoms with Gasteiger partial charge in [-0.2, -0.15) is 0 Å². The molecule has 2 aromatic carbocycles. The summed E-state index contributed by atoms with van der Waals surface area (Å²) in [6, 6.07) is 15.1. The summed E-state index contributed by atoms with van der Waals surface area (Å²) in [5.74, 6) is 0. The number of hydrogen-bond donors (Lipinski definition) is 1. The van der Waals surface area contributed by atoms with Crippen LogP contribution in [0.15, 0.2) is 48.5 Å². The fourth-order valence-corrected chi connectivity index (χ4v) is 2.40. The third kappa shape index (κ3) is 2.17. The van der Waals surface area contributed by atoms with E-state index < -0.39 is 0 Å². The first kappa shape index (κ1) is 11.1. The largest absolute Gasteiger partial charge is 0.381 e. The maximum atomic E-state index is 3.49. The molecule has 0 amide bonds. The van der Waals surface area contributed by atoms with E-state index in [1.165, 1.54) is 27.9 Å². The minimum absolute atomic E-state index is 0.897. The van der Waals surface area contributed by atoms with E-state index in [0.29, 0.717) is 0 Å². The summed E-state index contributed by atoms with van der Waals surface area (Å²) in [7, 11) is 0.